The van der Waals surface area contributed by atoms with Crippen LogP contribution in [0.5, 0.6) is 0 Å². The number of hydrogen-bond donors (Lipinski definition) is 1. The monoisotopic (exact) mass is 301 g/mol. The Labute approximate surface area is 128 Å². The van der Waals surface area contributed by atoms with Gasteiger partial charge in [-0.05, 0) is 52.9 Å². The number of methoxy groups -OCH3 is 2. The van der Waals surface area contributed by atoms with Gasteiger partial charge in [0.1, 0.15) is 5.54 Å². The molecule has 1 N–H and O–H groups in total. The van der Waals surface area contributed by atoms with Crippen LogP contribution >= 0.6 is 0 Å². The predicted octanol–water partition coefficient (Wildman–Crippen LogP) is 2.28. The lowest BCUT2D eigenvalue weighted by Gasteiger charge is -2.28. The van der Waals surface area contributed by atoms with E-state index in [1.165, 1.54) is 7.11 Å². The molecule has 5 heteroatoms. The summed E-state index contributed by atoms with van der Waals surface area (Å²) in [4.78, 5) is 11.9. The molecular formula is C16H31NO4. The maximum Gasteiger partial charge on any atom is 0.325 e. The highest BCUT2D eigenvalue weighted by Crippen LogP contribution is 2.25. The predicted molar refractivity (Wildman–Crippen MR) is 82.3 cm³/mol. The van der Waals surface area contributed by atoms with Gasteiger partial charge >= 0.3 is 5.97 Å². The Hall–Kier alpha value is -0.650. The van der Waals surface area contributed by atoms with Gasteiger partial charge in [-0.25, -0.2) is 0 Å². The SMILES string of the molecule is COC(=O)C(C)(CCCOCCC(C)(C)OC)NC1CC1. The Morgan fingerprint density at radius 1 is 1.14 bits per heavy atom. The topological polar surface area (TPSA) is 56.8 Å². The highest BCUT2D eigenvalue weighted by atomic mass is 16.5. The van der Waals surface area contributed by atoms with Gasteiger partial charge in [-0.2, -0.15) is 0 Å². The third-order valence-corrected chi connectivity index (χ3v) is 4.10. The maximum atomic E-state index is 11.9. The van der Waals surface area contributed by atoms with Crippen LogP contribution in [-0.2, 0) is 19.0 Å². The van der Waals surface area contributed by atoms with Crippen LogP contribution in [0.4, 0.5) is 0 Å². The Bertz CT molecular complexity index is 328. The standard InChI is InChI=1S/C16H31NO4/c1-15(2,20-5)10-12-21-11-6-9-16(3,14(18)19-4)17-13-7-8-13/h13,17H,6-12H2,1-5H3. The van der Waals surface area contributed by atoms with Gasteiger partial charge in [-0.3, -0.25) is 10.1 Å². The molecular weight excluding hydrogens is 270 g/mol. The van der Waals surface area contributed by atoms with Crippen LogP contribution in [-0.4, -0.2) is 50.6 Å². The van der Waals surface area contributed by atoms with E-state index in [-0.39, 0.29) is 11.6 Å². The van der Waals surface area contributed by atoms with E-state index in [4.69, 9.17) is 14.2 Å². The summed E-state index contributed by atoms with van der Waals surface area (Å²) in [7, 11) is 3.16. The van der Waals surface area contributed by atoms with Crippen LogP contribution in [0.3, 0.4) is 0 Å². The average molecular weight is 301 g/mol. The van der Waals surface area contributed by atoms with Crippen molar-refractivity contribution in [1.29, 1.82) is 0 Å². The van der Waals surface area contributed by atoms with Crippen molar-refractivity contribution in [3.05, 3.63) is 0 Å². The smallest absolute Gasteiger partial charge is 0.325 e. The fourth-order valence-corrected chi connectivity index (χ4v) is 2.19. The minimum Gasteiger partial charge on any atom is -0.468 e. The summed E-state index contributed by atoms with van der Waals surface area (Å²) in [5.74, 6) is -0.185. The van der Waals surface area contributed by atoms with Gasteiger partial charge < -0.3 is 14.2 Å². The Kier molecular flexibility index (Phi) is 7.10. The molecule has 21 heavy (non-hydrogen) atoms. The summed E-state index contributed by atoms with van der Waals surface area (Å²) in [6.07, 6.45) is 4.71. The molecule has 1 atom stereocenters. The molecule has 1 saturated carbocycles. The van der Waals surface area contributed by atoms with Gasteiger partial charge in [0.05, 0.1) is 12.7 Å². The average Bonchev–Trinajstić information content (AvgIpc) is 3.25. The normalized spacial score (nSPS) is 18.3. The van der Waals surface area contributed by atoms with Crippen LogP contribution in [0.2, 0.25) is 0 Å². The van der Waals surface area contributed by atoms with Gasteiger partial charge in [0.25, 0.3) is 0 Å². The molecule has 0 radical (unpaired) electrons. The van der Waals surface area contributed by atoms with Gasteiger partial charge in [0.15, 0.2) is 0 Å². The lowest BCUT2D eigenvalue weighted by molar-refractivity contribution is -0.148. The van der Waals surface area contributed by atoms with E-state index >= 15 is 0 Å². The molecule has 0 heterocycles. The minimum absolute atomic E-state index is 0.145. The van der Waals surface area contributed by atoms with Crippen LogP contribution in [0.15, 0.2) is 0 Å². The first-order chi connectivity index (χ1) is 9.83. The largest absolute Gasteiger partial charge is 0.468 e. The van der Waals surface area contributed by atoms with Crippen molar-refractivity contribution in [3.63, 3.8) is 0 Å². The van der Waals surface area contributed by atoms with E-state index in [0.717, 1.165) is 32.1 Å². The van der Waals surface area contributed by atoms with Gasteiger partial charge in [-0.15, -0.1) is 0 Å². The second-order valence-electron chi connectivity index (χ2n) is 6.67. The molecule has 1 aliphatic carbocycles. The van der Waals surface area contributed by atoms with E-state index in [2.05, 4.69) is 5.32 Å². The highest BCUT2D eigenvalue weighted by molar-refractivity contribution is 5.80. The molecule has 1 fully saturated rings. The number of rotatable bonds is 11. The molecule has 0 amide bonds. The molecule has 0 aromatic rings. The third-order valence-electron chi connectivity index (χ3n) is 4.10. The van der Waals surface area contributed by atoms with Gasteiger partial charge in [-0.1, -0.05) is 0 Å². The molecule has 1 rings (SSSR count). The zero-order valence-corrected chi connectivity index (χ0v) is 14.2. The van der Waals surface area contributed by atoms with Crippen LogP contribution in [0.25, 0.3) is 0 Å². The Morgan fingerprint density at radius 2 is 1.81 bits per heavy atom. The lowest BCUT2D eigenvalue weighted by atomic mass is 9.95. The Balaban J connectivity index is 2.22. The molecule has 0 saturated heterocycles. The third kappa shape index (κ3) is 6.76. The quantitative estimate of drug-likeness (QED) is 0.469. The first-order valence-electron chi connectivity index (χ1n) is 7.82. The van der Waals surface area contributed by atoms with Crippen molar-refractivity contribution in [1.82, 2.24) is 5.32 Å². The van der Waals surface area contributed by atoms with Gasteiger partial charge in [0, 0.05) is 26.4 Å². The second kappa shape index (κ2) is 8.11. The molecule has 0 spiro atoms. The second-order valence-corrected chi connectivity index (χ2v) is 6.67. The molecule has 124 valence electrons. The fourth-order valence-electron chi connectivity index (χ4n) is 2.19. The van der Waals surface area contributed by atoms with E-state index in [1.54, 1.807) is 7.11 Å². The fraction of sp³-hybridized carbons (Fsp3) is 0.938. The van der Waals surface area contributed by atoms with Crippen LogP contribution in [0.1, 0.15) is 52.9 Å². The number of ether oxygens (including phenoxy) is 3. The molecule has 0 aliphatic heterocycles. The summed E-state index contributed by atoms with van der Waals surface area (Å²) >= 11 is 0. The van der Waals surface area contributed by atoms with E-state index in [9.17, 15) is 4.79 Å². The van der Waals surface area contributed by atoms with E-state index in [0.29, 0.717) is 19.3 Å². The first-order valence-corrected chi connectivity index (χ1v) is 7.82. The number of hydrogen-bond acceptors (Lipinski definition) is 5. The van der Waals surface area contributed by atoms with Crippen molar-refractivity contribution >= 4 is 5.97 Å². The van der Waals surface area contributed by atoms with E-state index < -0.39 is 5.54 Å². The number of esters is 1. The first kappa shape index (κ1) is 18.4. The van der Waals surface area contributed by atoms with Crippen LogP contribution < -0.4 is 5.32 Å². The Morgan fingerprint density at radius 3 is 2.33 bits per heavy atom. The molecule has 1 aliphatic rings. The zero-order valence-electron chi connectivity index (χ0n) is 14.2. The summed E-state index contributed by atoms with van der Waals surface area (Å²) in [6.45, 7) is 7.34. The highest BCUT2D eigenvalue weighted by Gasteiger charge is 2.38. The van der Waals surface area contributed by atoms with Crippen molar-refractivity contribution in [2.45, 2.75) is 70.1 Å². The molecule has 0 bridgehead atoms. The maximum absolute atomic E-state index is 11.9. The zero-order chi connectivity index (χ0) is 15.9. The van der Waals surface area contributed by atoms with Crippen molar-refractivity contribution in [3.8, 4) is 0 Å². The molecule has 0 aromatic heterocycles. The number of carbonyl (C=O) groups is 1. The molecule has 1 unspecified atom stereocenters. The summed E-state index contributed by atoms with van der Waals surface area (Å²) < 4.78 is 15.9. The van der Waals surface area contributed by atoms with Crippen molar-refractivity contribution in [2.24, 2.45) is 0 Å². The minimum atomic E-state index is -0.592. The molecule has 5 nitrogen and oxygen atoms in total. The summed E-state index contributed by atoms with van der Waals surface area (Å²) in [5.41, 5.74) is -0.737. The number of carbonyl (C=O) groups excluding carboxylic acids is 1. The summed E-state index contributed by atoms with van der Waals surface area (Å²) in [6, 6.07) is 0.470. The van der Waals surface area contributed by atoms with E-state index in [1.807, 2.05) is 20.8 Å². The lowest BCUT2D eigenvalue weighted by Crippen LogP contribution is -2.51. The van der Waals surface area contributed by atoms with Crippen molar-refractivity contribution in [2.75, 3.05) is 27.4 Å². The number of nitrogens with one attached hydrogen (secondary N) is 1. The molecule has 0 aromatic carbocycles. The van der Waals surface area contributed by atoms with Crippen molar-refractivity contribution < 1.29 is 19.0 Å². The van der Waals surface area contributed by atoms with Gasteiger partial charge in [0.2, 0.25) is 0 Å². The summed E-state index contributed by atoms with van der Waals surface area (Å²) in [5, 5.41) is 3.39. The van der Waals surface area contributed by atoms with Crippen LogP contribution in [0, 0.1) is 0 Å².